The first-order valence-electron chi connectivity index (χ1n) is 4.12. The summed E-state index contributed by atoms with van der Waals surface area (Å²) in [6.07, 6.45) is 4.33. The van der Waals surface area contributed by atoms with Crippen LogP contribution in [0.1, 0.15) is 6.42 Å². The molecule has 0 aromatic heterocycles. The van der Waals surface area contributed by atoms with Crippen molar-refractivity contribution in [1.82, 2.24) is 0 Å². The Hall–Kier alpha value is -1.16. The number of fused-ring (bicyclic) bond motifs is 2. The van der Waals surface area contributed by atoms with Crippen LogP contribution in [-0.4, -0.2) is 31.1 Å². The third-order valence-electron chi connectivity index (χ3n) is 2.56. The molecule has 2 aliphatic heterocycles. The smallest absolute Gasteiger partial charge is 0.311 e. The molecule has 4 heteroatoms. The van der Waals surface area contributed by atoms with Gasteiger partial charge in [-0.05, 0) is 6.08 Å². The second kappa shape index (κ2) is 2.67. The number of methoxy groups -OCH3 is 1. The van der Waals surface area contributed by atoms with Gasteiger partial charge in [0.2, 0.25) is 0 Å². The molecular formula is C9H10O4. The van der Waals surface area contributed by atoms with E-state index in [9.17, 15) is 9.59 Å². The van der Waals surface area contributed by atoms with Crippen molar-refractivity contribution in [1.29, 1.82) is 0 Å². The minimum atomic E-state index is -0.858. The lowest BCUT2D eigenvalue weighted by atomic mass is 9.87. The second-order valence-corrected chi connectivity index (χ2v) is 3.35. The van der Waals surface area contributed by atoms with Crippen LogP contribution in [0.15, 0.2) is 12.2 Å². The first-order chi connectivity index (χ1) is 6.21. The van der Waals surface area contributed by atoms with E-state index in [4.69, 9.17) is 4.74 Å². The highest BCUT2D eigenvalue weighted by atomic mass is 16.5. The third-order valence-corrected chi connectivity index (χ3v) is 2.56. The number of carbonyl (C=O) groups is 2. The fourth-order valence-electron chi connectivity index (χ4n) is 1.87. The molecule has 70 valence electrons. The number of aldehydes is 1. The van der Waals surface area contributed by atoms with Crippen molar-refractivity contribution in [3.63, 3.8) is 0 Å². The summed E-state index contributed by atoms with van der Waals surface area (Å²) in [5, 5.41) is 0. The summed E-state index contributed by atoms with van der Waals surface area (Å²) in [5.41, 5.74) is -0.858. The Morgan fingerprint density at radius 1 is 1.77 bits per heavy atom. The van der Waals surface area contributed by atoms with E-state index in [-0.39, 0.29) is 18.0 Å². The lowest BCUT2D eigenvalue weighted by molar-refractivity contribution is -0.146. The Morgan fingerprint density at radius 2 is 2.54 bits per heavy atom. The number of rotatable bonds is 2. The highest BCUT2D eigenvalue weighted by molar-refractivity contribution is 5.78. The molecule has 0 radical (unpaired) electrons. The molecule has 13 heavy (non-hydrogen) atoms. The minimum absolute atomic E-state index is 0.280. The molecule has 3 unspecified atom stereocenters. The van der Waals surface area contributed by atoms with Crippen LogP contribution in [0.2, 0.25) is 0 Å². The van der Waals surface area contributed by atoms with Crippen LogP contribution in [0.25, 0.3) is 0 Å². The van der Waals surface area contributed by atoms with Crippen molar-refractivity contribution in [3.05, 3.63) is 12.2 Å². The first-order valence-corrected chi connectivity index (χ1v) is 4.12. The van der Waals surface area contributed by atoms with Crippen molar-refractivity contribution < 1.29 is 19.1 Å². The van der Waals surface area contributed by atoms with E-state index >= 15 is 0 Å². The Balaban J connectivity index is 2.19. The predicted molar refractivity (Wildman–Crippen MR) is 42.9 cm³/mol. The summed E-state index contributed by atoms with van der Waals surface area (Å²) >= 11 is 0. The van der Waals surface area contributed by atoms with Gasteiger partial charge in [0.25, 0.3) is 0 Å². The van der Waals surface area contributed by atoms with Gasteiger partial charge in [-0.2, -0.15) is 0 Å². The van der Waals surface area contributed by atoms with Gasteiger partial charge >= 0.3 is 5.97 Å². The molecule has 0 amide bonds. The van der Waals surface area contributed by atoms with Gasteiger partial charge in [0.05, 0.1) is 19.1 Å². The topological polar surface area (TPSA) is 52.6 Å². The van der Waals surface area contributed by atoms with E-state index in [1.807, 2.05) is 0 Å². The zero-order valence-corrected chi connectivity index (χ0v) is 7.23. The predicted octanol–water partition coefficient (Wildman–Crippen LogP) is 0.0720. The van der Waals surface area contributed by atoms with E-state index in [2.05, 4.69) is 4.74 Å². The Kier molecular flexibility index (Phi) is 1.73. The Labute approximate surface area is 75.5 Å². The Bertz CT molecular complexity index is 283. The maximum absolute atomic E-state index is 11.2. The van der Waals surface area contributed by atoms with Crippen LogP contribution in [0.3, 0.4) is 0 Å². The molecule has 0 aromatic carbocycles. The SMILES string of the molecule is COC(=O)C1CC2(C=O)C=CC1O2. The number of esters is 1. The number of hydrogen-bond acceptors (Lipinski definition) is 4. The lowest BCUT2D eigenvalue weighted by Gasteiger charge is -2.14. The van der Waals surface area contributed by atoms with Crippen LogP contribution in [0, 0.1) is 5.92 Å². The molecule has 1 fully saturated rings. The van der Waals surface area contributed by atoms with Gasteiger partial charge < -0.3 is 9.47 Å². The standard InChI is InChI=1S/C9H10O4/c1-12-8(11)6-4-9(5-10)3-2-7(6)13-9/h2-3,5-7H,4H2,1H3. The fourth-order valence-corrected chi connectivity index (χ4v) is 1.87. The number of hydrogen-bond donors (Lipinski definition) is 0. The zero-order valence-electron chi connectivity index (χ0n) is 7.23. The van der Waals surface area contributed by atoms with Gasteiger partial charge in [0.15, 0.2) is 6.29 Å². The quantitative estimate of drug-likeness (QED) is 0.344. The lowest BCUT2D eigenvalue weighted by Crippen LogP contribution is -2.28. The number of ether oxygens (including phenoxy) is 2. The molecular weight excluding hydrogens is 172 g/mol. The summed E-state index contributed by atoms with van der Waals surface area (Å²) in [7, 11) is 1.34. The van der Waals surface area contributed by atoms with Crippen LogP contribution in [0.5, 0.6) is 0 Å². The monoisotopic (exact) mass is 182 g/mol. The zero-order chi connectivity index (χ0) is 9.47. The summed E-state index contributed by atoms with van der Waals surface area (Å²) < 4.78 is 9.97. The van der Waals surface area contributed by atoms with E-state index in [0.29, 0.717) is 6.42 Å². The van der Waals surface area contributed by atoms with E-state index in [1.54, 1.807) is 12.2 Å². The fraction of sp³-hybridized carbons (Fsp3) is 0.556. The van der Waals surface area contributed by atoms with Gasteiger partial charge in [-0.3, -0.25) is 9.59 Å². The second-order valence-electron chi connectivity index (χ2n) is 3.35. The summed E-state index contributed by atoms with van der Waals surface area (Å²) in [6, 6.07) is 0. The van der Waals surface area contributed by atoms with Crippen molar-refractivity contribution in [2.45, 2.75) is 18.1 Å². The normalized spacial score (nSPS) is 40.7. The largest absolute Gasteiger partial charge is 0.469 e. The van der Waals surface area contributed by atoms with Crippen molar-refractivity contribution in [2.24, 2.45) is 5.92 Å². The van der Waals surface area contributed by atoms with Gasteiger partial charge in [-0.1, -0.05) is 6.08 Å². The summed E-state index contributed by atoms with van der Waals surface area (Å²) in [5.74, 6) is -0.627. The van der Waals surface area contributed by atoms with E-state index < -0.39 is 5.60 Å². The summed E-state index contributed by atoms with van der Waals surface area (Å²) in [6.45, 7) is 0. The number of carbonyl (C=O) groups excluding carboxylic acids is 2. The molecule has 2 rings (SSSR count). The Morgan fingerprint density at radius 3 is 3.08 bits per heavy atom. The van der Waals surface area contributed by atoms with Gasteiger partial charge in [0.1, 0.15) is 5.60 Å². The van der Waals surface area contributed by atoms with Crippen molar-refractivity contribution in [3.8, 4) is 0 Å². The van der Waals surface area contributed by atoms with Gasteiger partial charge in [-0.25, -0.2) is 0 Å². The summed E-state index contributed by atoms with van der Waals surface area (Å²) in [4.78, 5) is 21.9. The molecule has 1 saturated heterocycles. The van der Waals surface area contributed by atoms with E-state index in [0.717, 1.165) is 6.29 Å². The highest BCUT2D eigenvalue weighted by Crippen LogP contribution is 2.41. The molecule has 0 N–H and O–H groups in total. The molecule has 0 saturated carbocycles. The average Bonchev–Trinajstić information content (AvgIpc) is 2.74. The maximum atomic E-state index is 11.2. The molecule has 2 heterocycles. The van der Waals surface area contributed by atoms with Crippen LogP contribution < -0.4 is 0 Å². The minimum Gasteiger partial charge on any atom is -0.469 e. The molecule has 2 bridgehead atoms. The molecule has 0 spiro atoms. The maximum Gasteiger partial charge on any atom is 0.311 e. The van der Waals surface area contributed by atoms with Crippen molar-refractivity contribution >= 4 is 12.3 Å². The van der Waals surface area contributed by atoms with Crippen LogP contribution in [0.4, 0.5) is 0 Å². The van der Waals surface area contributed by atoms with E-state index in [1.165, 1.54) is 7.11 Å². The first kappa shape index (κ1) is 8.44. The molecule has 4 nitrogen and oxygen atoms in total. The highest BCUT2D eigenvalue weighted by Gasteiger charge is 2.51. The van der Waals surface area contributed by atoms with Crippen LogP contribution >= 0.6 is 0 Å². The molecule has 0 aromatic rings. The molecule has 2 aliphatic rings. The van der Waals surface area contributed by atoms with Crippen molar-refractivity contribution in [2.75, 3.05) is 7.11 Å². The van der Waals surface area contributed by atoms with Gasteiger partial charge in [-0.15, -0.1) is 0 Å². The molecule has 0 aliphatic carbocycles. The van der Waals surface area contributed by atoms with Gasteiger partial charge in [0, 0.05) is 6.42 Å². The average molecular weight is 182 g/mol. The molecule has 3 atom stereocenters. The third kappa shape index (κ3) is 1.09. The van der Waals surface area contributed by atoms with Crippen LogP contribution in [-0.2, 0) is 19.1 Å².